The van der Waals surface area contributed by atoms with E-state index >= 15 is 0 Å². The average molecular weight is 382 g/mol. The third-order valence-electron chi connectivity index (χ3n) is 6.18. The van der Waals surface area contributed by atoms with Gasteiger partial charge in [0, 0.05) is 19.1 Å². The lowest BCUT2D eigenvalue weighted by atomic mass is 9.87. The van der Waals surface area contributed by atoms with Crippen molar-refractivity contribution < 1.29 is 8.42 Å². The molecule has 1 saturated heterocycles. The maximum Gasteiger partial charge on any atom is 0.227 e. The Balaban J connectivity index is 1.81. The third kappa shape index (κ3) is 4.50. The molecule has 1 unspecified atom stereocenters. The first-order valence-corrected chi connectivity index (χ1v) is 12.2. The van der Waals surface area contributed by atoms with Crippen molar-refractivity contribution in [3.63, 3.8) is 0 Å². The van der Waals surface area contributed by atoms with Crippen LogP contribution in [0.3, 0.4) is 0 Å². The molecule has 0 amide bonds. The zero-order chi connectivity index (χ0) is 18.6. The Bertz CT molecular complexity index is 679. The standard InChI is InChI=1S/C20H35N3O2S/c1-3-5-13-23-19(15-22-12-7-6-11-18(22)4-2)14-21-20(23)26(24,25)16-17-9-8-10-17/h14,17-18H,3-13,15-16H2,1-2H3. The van der Waals surface area contributed by atoms with Gasteiger partial charge in [0.1, 0.15) is 0 Å². The highest BCUT2D eigenvalue weighted by molar-refractivity contribution is 7.91. The molecular weight excluding hydrogens is 346 g/mol. The Hall–Kier alpha value is -0.880. The molecule has 6 heteroatoms. The van der Waals surface area contributed by atoms with Crippen molar-refractivity contribution >= 4 is 9.84 Å². The van der Waals surface area contributed by atoms with E-state index in [4.69, 9.17) is 0 Å². The molecule has 0 N–H and O–H groups in total. The van der Waals surface area contributed by atoms with Crippen LogP contribution in [0.5, 0.6) is 0 Å². The molecule has 26 heavy (non-hydrogen) atoms. The second-order valence-corrected chi connectivity index (χ2v) is 10.1. The molecule has 0 aromatic carbocycles. The summed E-state index contributed by atoms with van der Waals surface area (Å²) in [7, 11) is -3.29. The molecule has 2 heterocycles. The van der Waals surface area contributed by atoms with Gasteiger partial charge in [-0.05, 0) is 51.0 Å². The molecule has 3 rings (SSSR count). The van der Waals surface area contributed by atoms with Crippen LogP contribution in [0.25, 0.3) is 0 Å². The fraction of sp³-hybridized carbons (Fsp3) is 0.850. The predicted molar refractivity (Wildman–Crippen MR) is 105 cm³/mol. The minimum absolute atomic E-state index is 0.275. The fourth-order valence-electron chi connectivity index (χ4n) is 4.30. The van der Waals surface area contributed by atoms with Crippen LogP contribution in [0.15, 0.2) is 11.4 Å². The predicted octanol–water partition coefficient (Wildman–Crippen LogP) is 4.02. The number of likely N-dealkylation sites (tertiary alicyclic amines) is 1. The van der Waals surface area contributed by atoms with Crippen LogP contribution in [-0.4, -0.2) is 41.2 Å². The first-order chi connectivity index (χ1) is 12.5. The fourth-order valence-corrected chi connectivity index (χ4v) is 6.17. The van der Waals surface area contributed by atoms with E-state index in [1.807, 2.05) is 10.8 Å². The number of unbranched alkanes of at least 4 members (excludes halogenated alkanes) is 1. The molecule has 2 aliphatic rings. The maximum absolute atomic E-state index is 12.9. The first kappa shape index (κ1) is 19.9. The summed E-state index contributed by atoms with van der Waals surface area (Å²) in [6.07, 6.45) is 12.1. The van der Waals surface area contributed by atoms with Crippen LogP contribution in [-0.2, 0) is 22.9 Å². The van der Waals surface area contributed by atoms with Gasteiger partial charge in [-0.25, -0.2) is 13.4 Å². The second-order valence-electron chi connectivity index (χ2n) is 8.14. The van der Waals surface area contributed by atoms with E-state index in [2.05, 4.69) is 23.7 Å². The van der Waals surface area contributed by atoms with Gasteiger partial charge in [-0.1, -0.05) is 33.1 Å². The van der Waals surface area contributed by atoms with Crippen molar-refractivity contribution in [2.75, 3.05) is 12.3 Å². The van der Waals surface area contributed by atoms with E-state index in [0.29, 0.717) is 17.1 Å². The van der Waals surface area contributed by atoms with E-state index < -0.39 is 9.84 Å². The van der Waals surface area contributed by atoms with Gasteiger partial charge in [0.25, 0.3) is 0 Å². The highest BCUT2D eigenvalue weighted by atomic mass is 32.2. The molecular formula is C20H35N3O2S. The van der Waals surface area contributed by atoms with E-state index in [1.54, 1.807) is 0 Å². The Morgan fingerprint density at radius 2 is 1.96 bits per heavy atom. The zero-order valence-electron chi connectivity index (χ0n) is 16.5. The highest BCUT2D eigenvalue weighted by Gasteiger charge is 2.30. The minimum Gasteiger partial charge on any atom is -0.318 e. The quantitative estimate of drug-likeness (QED) is 0.648. The van der Waals surface area contributed by atoms with Crippen LogP contribution >= 0.6 is 0 Å². The summed E-state index contributed by atoms with van der Waals surface area (Å²) in [5, 5.41) is 0.318. The van der Waals surface area contributed by atoms with Crippen molar-refractivity contribution in [2.24, 2.45) is 5.92 Å². The van der Waals surface area contributed by atoms with E-state index in [1.165, 1.54) is 25.7 Å². The Morgan fingerprint density at radius 1 is 1.15 bits per heavy atom. The second kappa shape index (κ2) is 8.87. The van der Waals surface area contributed by atoms with Crippen molar-refractivity contribution in [2.45, 2.75) is 95.9 Å². The molecule has 1 aliphatic carbocycles. The normalized spacial score (nSPS) is 22.5. The molecule has 1 aromatic heterocycles. The van der Waals surface area contributed by atoms with E-state index in [0.717, 1.165) is 57.4 Å². The lowest BCUT2D eigenvalue weighted by Crippen LogP contribution is -2.39. The lowest BCUT2D eigenvalue weighted by molar-refractivity contribution is 0.132. The van der Waals surface area contributed by atoms with Crippen molar-refractivity contribution in [1.82, 2.24) is 14.5 Å². The van der Waals surface area contributed by atoms with Gasteiger partial charge >= 0.3 is 0 Å². The number of aromatic nitrogens is 2. The summed E-state index contributed by atoms with van der Waals surface area (Å²) < 4.78 is 27.9. The summed E-state index contributed by atoms with van der Waals surface area (Å²) in [6.45, 7) is 7.11. The smallest absolute Gasteiger partial charge is 0.227 e. The van der Waals surface area contributed by atoms with Gasteiger partial charge in [-0.3, -0.25) is 4.90 Å². The molecule has 0 radical (unpaired) electrons. The van der Waals surface area contributed by atoms with Crippen LogP contribution in [0.1, 0.15) is 77.3 Å². The van der Waals surface area contributed by atoms with Crippen molar-refractivity contribution in [3.05, 3.63) is 11.9 Å². The largest absolute Gasteiger partial charge is 0.318 e. The van der Waals surface area contributed by atoms with E-state index in [9.17, 15) is 8.42 Å². The van der Waals surface area contributed by atoms with Gasteiger partial charge in [0.15, 0.2) is 0 Å². The van der Waals surface area contributed by atoms with Gasteiger partial charge < -0.3 is 4.57 Å². The number of piperidine rings is 1. The lowest BCUT2D eigenvalue weighted by Gasteiger charge is -2.35. The van der Waals surface area contributed by atoms with E-state index in [-0.39, 0.29) is 5.75 Å². The number of hydrogen-bond acceptors (Lipinski definition) is 4. The zero-order valence-corrected chi connectivity index (χ0v) is 17.3. The van der Waals surface area contributed by atoms with Crippen LogP contribution in [0.4, 0.5) is 0 Å². The molecule has 1 atom stereocenters. The van der Waals surface area contributed by atoms with Gasteiger partial charge in [0.2, 0.25) is 15.0 Å². The number of nitrogens with zero attached hydrogens (tertiary/aromatic N) is 3. The topological polar surface area (TPSA) is 55.2 Å². The molecule has 2 fully saturated rings. The Labute approximate surface area is 159 Å². The average Bonchev–Trinajstić information content (AvgIpc) is 3.00. The molecule has 1 saturated carbocycles. The van der Waals surface area contributed by atoms with Crippen LogP contribution in [0, 0.1) is 5.92 Å². The van der Waals surface area contributed by atoms with Gasteiger partial charge in [-0.15, -0.1) is 0 Å². The maximum atomic E-state index is 12.9. The number of hydrogen-bond donors (Lipinski definition) is 0. The molecule has 0 bridgehead atoms. The number of sulfone groups is 1. The molecule has 0 spiro atoms. The molecule has 1 aliphatic heterocycles. The Morgan fingerprint density at radius 3 is 2.62 bits per heavy atom. The summed E-state index contributed by atoms with van der Waals surface area (Å²) in [5.74, 6) is 0.614. The summed E-state index contributed by atoms with van der Waals surface area (Å²) in [4.78, 5) is 6.95. The first-order valence-electron chi connectivity index (χ1n) is 10.6. The van der Waals surface area contributed by atoms with Crippen LogP contribution < -0.4 is 0 Å². The van der Waals surface area contributed by atoms with Crippen molar-refractivity contribution in [3.8, 4) is 0 Å². The molecule has 5 nitrogen and oxygen atoms in total. The summed E-state index contributed by atoms with van der Waals surface area (Å²) >= 11 is 0. The third-order valence-corrected chi connectivity index (χ3v) is 7.97. The summed E-state index contributed by atoms with van der Waals surface area (Å²) in [5.41, 5.74) is 1.07. The van der Waals surface area contributed by atoms with Gasteiger partial charge in [-0.2, -0.15) is 0 Å². The van der Waals surface area contributed by atoms with Crippen molar-refractivity contribution in [1.29, 1.82) is 0 Å². The Kier molecular flexibility index (Phi) is 6.78. The SMILES string of the molecule is CCCCn1c(CN2CCCCC2CC)cnc1S(=O)(=O)CC1CCC1. The molecule has 148 valence electrons. The molecule has 1 aromatic rings. The van der Waals surface area contributed by atoms with Crippen LogP contribution in [0.2, 0.25) is 0 Å². The number of rotatable bonds is 9. The highest BCUT2D eigenvalue weighted by Crippen LogP contribution is 2.30. The number of imidazole rings is 1. The van der Waals surface area contributed by atoms with Gasteiger partial charge in [0.05, 0.1) is 17.6 Å². The summed E-state index contributed by atoms with van der Waals surface area (Å²) in [6, 6.07) is 0.619. The minimum atomic E-state index is -3.29. The monoisotopic (exact) mass is 381 g/mol.